The summed E-state index contributed by atoms with van der Waals surface area (Å²) in [6.07, 6.45) is 1.57. The van der Waals surface area contributed by atoms with Gasteiger partial charge in [0.05, 0.1) is 18.6 Å². The van der Waals surface area contributed by atoms with Crippen molar-refractivity contribution in [1.82, 2.24) is 4.90 Å². The molecule has 7 nitrogen and oxygen atoms in total. The van der Waals surface area contributed by atoms with Crippen LogP contribution in [-0.4, -0.2) is 42.3 Å². The van der Waals surface area contributed by atoms with Crippen molar-refractivity contribution in [2.45, 2.75) is 13.5 Å². The summed E-state index contributed by atoms with van der Waals surface area (Å²) < 4.78 is 16.0. The highest BCUT2D eigenvalue weighted by molar-refractivity contribution is 8.18. The van der Waals surface area contributed by atoms with E-state index in [1.807, 2.05) is 18.2 Å². The summed E-state index contributed by atoms with van der Waals surface area (Å²) in [6, 6.07) is 12.5. The molecule has 0 atom stereocenters. The molecule has 0 bridgehead atoms. The number of imide groups is 1. The molecule has 1 aliphatic rings. The van der Waals surface area contributed by atoms with Gasteiger partial charge in [-0.1, -0.05) is 35.9 Å². The standard InChI is InChI=1S/C22H20ClNO6S/c1-3-29-20(25)12-24-21(26)19(31-22(24)27)11-14-8-9-17(18(10-14)28-2)30-13-15-6-4-5-7-16(15)23/h4-11H,3,12-13H2,1-2H3/b19-11+. The fraction of sp³-hybridized carbons (Fsp3) is 0.227. The minimum absolute atomic E-state index is 0.176. The third-order valence-corrected chi connectivity index (χ3v) is 5.57. The van der Waals surface area contributed by atoms with Crippen LogP contribution in [-0.2, 0) is 20.9 Å². The SMILES string of the molecule is CCOC(=O)CN1C(=O)S/C(=C/c2ccc(OCc3ccccc3Cl)c(OC)c2)C1=O. The molecule has 1 saturated heterocycles. The molecular weight excluding hydrogens is 442 g/mol. The Bertz CT molecular complexity index is 1040. The van der Waals surface area contributed by atoms with E-state index >= 15 is 0 Å². The lowest BCUT2D eigenvalue weighted by Crippen LogP contribution is -2.34. The molecule has 3 rings (SSSR count). The highest BCUT2D eigenvalue weighted by Gasteiger charge is 2.36. The molecule has 0 aliphatic carbocycles. The van der Waals surface area contributed by atoms with Crippen LogP contribution in [0.15, 0.2) is 47.4 Å². The van der Waals surface area contributed by atoms with E-state index in [2.05, 4.69) is 0 Å². The van der Waals surface area contributed by atoms with Crippen LogP contribution in [0.25, 0.3) is 6.08 Å². The van der Waals surface area contributed by atoms with Gasteiger partial charge in [-0.05, 0) is 48.5 Å². The smallest absolute Gasteiger partial charge is 0.326 e. The third-order valence-electron chi connectivity index (χ3n) is 4.29. The second-order valence-corrected chi connectivity index (χ2v) is 7.76. The molecule has 0 N–H and O–H groups in total. The van der Waals surface area contributed by atoms with Crippen molar-refractivity contribution < 1.29 is 28.6 Å². The lowest BCUT2D eigenvalue weighted by atomic mass is 10.1. The zero-order valence-electron chi connectivity index (χ0n) is 16.9. The largest absolute Gasteiger partial charge is 0.493 e. The number of ether oxygens (including phenoxy) is 3. The Balaban J connectivity index is 1.74. The van der Waals surface area contributed by atoms with Gasteiger partial charge in [0.2, 0.25) is 0 Å². The zero-order chi connectivity index (χ0) is 22.4. The Kier molecular flexibility index (Phi) is 7.59. The quantitative estimate of drug-likeness (QED) is 0.422. The molecular formula is C22H20ClNO6S. The van der Waals surface area contributed by atoms with Crippen molar-refractivity contribution in [3.63, 3.8) is 0 Å². The van der Waals surface area contributed by atoms with E-state index in [0.717, 1.165) is 22.2 Å². The lowest BCUT2D eigenvalue weighted by molar-refractivity contribution is -0.145. The lowest BCUT2D eigenvalue weighted by Gasteiger charge is -2.12. The van der Waals surface area contributed by atoms with Gasteiger partial charge in [0, 0.05) is 10.6 Å². The van der Waals surface area contributed by atoms with E-state index in [-0.39, 0.29) is 18.1 Å². The Morgan fingerprint density at radius 1 is 1.16 bits per heavy atom. The Morgan fingerprint density at radius 3 is 2.65 bits per heavy atom. The van der Waals surface area contributed by atoms with Crippen LogP contribution in [0, 0.1) is 0 Å². The predicted molar refractivity (Wildman–Crippen MR) is 118 cm³/mol. The molecule has 0 spiro atoms. The molecule has 1 fully saturated rings. The van der Waals surface area contributed by atoms with E-state index in [4.69, 9.17) is 25.8 Å². The normalized spacial score (nSPS) is 14.8. The van der Waals surface area contributed by atoms with Gasteiger partial charge in [0.15, 0.2) is 11.5 Å². The van der Waals surface area contributed by atoms with Crippen LogP contribution in [0.1, 0.15) is 18.1 Å². The van der Waals surface area contributed by atoms with Crippen LogP contribution < -0.4 is 9.47 Å². The summed E-state index contributed by atoms with van der Waals surface area (Å²) in [5.41, 5.74) is 1.48. The van der Waals surface area contributed by atoms with Crippen LogP contribution in [0.5, 0.6) is 11.5 Å². The second kappa shape index (κ2) is 10.4. The van der Waals surface area contributed by atoms with Crippen molar-refractivity contribution in [3.05, 3.63) is 63.5 Å². The maximum atomic E-state index is 12.5. The summed E-state index contributed by atoms with van der Waals surface area (Å²) in [6.45, 7) is 1.69. The van der Waals surface area contributed by atoms with E-state index in [0.29, 0.717) is 22.1 Å². The molecule has 2 aromatic rings. The first-order valence-corrected chi connectivity index (χ1v) is 10.6. The molecule has 162 valence electrons. The van der Waals surface area contributed by atoms with Gasteiger partial charge < -0.3 is 14.2 Å². The minimum atomic E-state index is -0.632. The molecule has 0 saturated carbocycles. The summed E-state index contributed by atoms with van der Waals surface area (Å²) in [4.78, 5) is 37.3. The van der Waals surface area contributed by atoms with Crippen LogP contribution in [0.2, 0.25) is 5.02 Å². The number of nitrogens with zero attached hydrogens (tertiary/aromatic N) is 1. The van der Waals surface area contributed by atoms with Crippen molar-refractivity contribution in [1.29, 1.82) is 0 Å². The maximum Gasteiger partial charge on any atom is 0.326 e. The molecule has 1 aliphatic heterocycles. The van der Waals surface area contributed by atoms with E-state index in [1.54, 1.807) is 37.3 Å². The van der Waals surface area contributed by atoms with Crippen molar-refractivity contribution in [2.75, 3.05) is 20.3 Å². The first-order valence-electron chi connectivity index (χ1n) is 9.38. The summed E-state index contributed by atoms with van der Waals surface area (Å²) in [7, 11) is 1.51. The molecule has 0 aromatic heterocycles. The number of carbonyl (C=O) groups is 3. The minimum Gasteiger partial charge on any atom is -0.493 e. The molecule has 31 heavy (non-hydrogen) atoms. The van der Waals surface area contributed by atoms with Crippen LogP contribution >= 0.6 is 23.4 Å². The van der Waals surface area contributed by atoms with Gasteiger partial charge in [-0.3, -0.25) is 19.3 Å². The molecule has 0 radical (unpaired) electrons. The Labute approximate surface area is 188 Å². The molecule has 2 amide bonds. The molecule has 0 unspecified atom stereocenters. The number of hydrogen-bond donors (Lipinski definition) is 0. The van der Waals surface area contributed by atoms with Gasteiger partial charge >= 0.3 is 5.97 Å². The number of thioether (sulfide) groups is 1. The first-order chi connectivity index (χ1) is 14.9. The van der Waals surface area contributed by atoms with Crippen molar-refractivity contribution in [2.24, 2.45) is 0 Å². The summed E-state index contributed by atoms with van der Waals surface area (Å²) in [5.74, 6) is -0.199. The van der Waals surface area contributed by atoms with Crippen LogP contribution in [0.4, 0.5) is 4.79 Å². The van der Waals surface area contributed by atoms with Gasteiger partial charge in [-0.2, -0.15) is 0 Å². The van der Waals surface area contributed by atoms with E-state index in [1.165, 1.54) is 7.11 Å². The summed E-state index contributed by atoms with van der Waals surface area (Å²) >= 11 is 6.92. The van der Waals surface area contributed by atoms with Gasteiger partial charge in [-0.25, -0.2) is 0 Å². The van der Waals surface area contributed by atoms with Gasteiger partial charge in [-0.15, -0.1) is 0 Å². The number of benzene rings is 2. The monoisotopic (exact) mass is 461 g/mol. The number of hydrogen-bond acceptors (Lipinski definition) is 7. The Morgan fingerprint density at radius 2 is 1.94 bits per heavy atom. The number of esters is 1. The number of halogens is 1. The zero-order valence-corrected chi connectivity index (χ0v) is 18.5. The fourth-order valence-corrected chi connectivity index (χ4v) is 3.82. The first kappa shape index (κ1) is 22.7. The van der Waals surface area contributed by atoms with Gasteiger partial charge in [0.25, 0.3) is 11.1 Å². The number of carbonyl (C=O) groups excluding carboxylic acids is 3. The van der Waals surface area contributed by atoms with Crippen molar-refractivity contribution >= 4 is 46.6 Å². The molecule has 9 heteroatoms. The average Bonchev–Trinajstić information content (AvgIpc) is 3.01. The third kappa shape index (κ3) is 5.59. The topological polar surface area (TPSA) is 82.1 Å². The molecule has 1 heterocycles. The fourth-order valence-electron chi connectivity index (χ4n) is 2.79. The number of amides is 2. The highest BCUT2D eigenvalue weighted by Crippen LogP contribution is 2.35. The van der Waals surface area contributed by atoms with Crippen LogP contribution in [0.3, 0.4) is 0 Å². The van der Waals surface area contributed by atoms with Crippen molar-refractivity contribution in [3.8, 4) is 11.5 Å². The highest BCUT2D eigenvalue weighted by atomic mass is 35.5. The predicted octanol–water partition coefficient (Wildman–Crippen LogP) is 4.53. The van der Waals surface area contributed by atoms with E-state index < -0.39 is 23.7 Å². The van der Waals surface area contributed by atoms with E-state index in [9.17, 15) is 14.4 Å². The average molecular weight is 462 g/mol. The Hall–Kier alpha value is -2.97. The second-order valence-electron chi connectivity index (χ2n) is 6.36. The number of rotatable bonds is 8. The van der Waals surface area contributed by atoms with Gasteiger partial charge in [0.1, 0.15) is 13.2 Å². The molecule has 2 aromatic carbocycles. The number of methoxy groups -OCH3 is 1. The summed E-state index contributed by atoms with van der Waals surface area (Å²) in [5, 5.41) is 0.0904. The maximum absolute atomic E-state index is 12.5.